The molecule has 0 fully saturated rings. The molecule has 0 aromatic heterocycles. The molecule has 92 valence electrons. The van der Waals surface area contributed by atoms with Gasteiger partial charge in [-0.25, -0.2) is 13.1 Å². The molecule has 0 aliphatic rings. The third kappa shape index (κ3) is 7.76. The Morgan fingerprint density at radius 1 is 1.20 bits per heavy atom. The first-order chi connectivity index (χ1) is 6.89. The van der Waals surface area contributed by atoms with Crippen molar-refractivity contribution in [2.75, 3.05) is 25.9 Å². The maximum absolute atomic E-state index is 11.5. The first kappa shape index (κ1) is 14.9. The summed E-state index contributed by atoms with van der Waals surface area (Å²) in [5.74, 6) is 1.09. The van der Waals surface area contributed by atoms with Crippen LogP contribution in [0.1, 0.15) is 27.2 Å². The summed E-state index contributed by atoms with van der Waals surface area (Å²) in [5, 5.41) is 2.93. The van der Waals surface area contributed by atoms with Gasteiger partial charge in [0.2, 0.25) is 10.0 Å². The smallest absolute Gasteiger partial charge is 0.211 e. The predicted molar refractivity (Wildman–Crippen MR) is 64.3 cm³/mol. The molecule has 0 aliphatic carbocycles. The van der Waals surface area contributed by atoms with Crippen LogP contribution in [0.2, 0.25) is 0 Å². The molecule has 0 saturated carbocycles. The molecule has 0 spiro atoms. The van der Waals surface area contributed by atoms with E-state index in [1.54, 1.807) is 0 Å². The second-order valence-electron chi connectivity index (χ2n) is 4.35. The van der Waals surface area contributed by atoms with Crippen molar-refractivity contribution in [1.82, 2.24) is 10.0 Å². The highest BCUT2D eigenvalue weighted by molar-refractivity contribution is 7.89. The topological polar surface area (TPSA) is 58.2 Å². The van der Waals surface area contributed by atoms with E-state index in [1.165, 1.54) is 0 Å². The van der Waals surface area contributed by atoms with Crippen LogP contribution in [-0.2, 0) is 10.0 Å². The minimum atomic E-state index is -3.07. The van der Waals surface area contributed by atoms with Crippen LogP contribution in [0.25, 0.3) is 0 Å². The van der Waals surface area contributed by atoms with E-state index in [-0.39, 0.29) is 5.75 Å². The number of nitrogens with one attached hydrogen (secondary N) is 2. The van der Waals surface area contributed by atoms with Crippen LogP contribution < -0.4 is 10.0 Å². The van der Waals surface area contributed by atoms with Crippen LogP contribution in [0.4, 0.5) is 0 Å². The second kappa shape index (κ2) is 7.19. The van der Waals surface area contributed by atoms with Gasteiger partial charge in [0.1, 0.15) is 0 Å². The summed E-state index contributed by atoms with van der Waals surface area (Å²) >= 11 is 0. The average molecular weight is 236 g/mol. The van der Waals surface area contributed by atoms with Gasteiger partial charge in [-0.15, -0.1) is 0 Å². The molecule has 4 nitrogen and oxygen atoms in total. The summed E-state index contributed by atoms with van der Waals surface area (Å²) in [4.78, 5) is 0. The Hall–Kier alpha value is -0.130. The van der Waals surface area contributed by atoms with Crippen LogP contribution in [0.15, 0.2) is 0 Å². The molecule has 1 atom stereocenters. The fraction of sp³-hybridized carbons (Fsp3) is 1.00. The molecule has 0 aromatic carbocycles. The van der Waals surface area contributed by atoms with Crippen LogP contribution in [0, 0.1) is 11.8 Å². The molecule has 2 N–H and O–H groups in total. The summed E-state index contributed by atoms with van der Waals surface area (Å²) in [5.41, 5.74) is 0. The SMILES string of the molecule is CNCCCS(=O)(=O)NCC(C)C(C)C. The van der Waals surface area contributed by atoms with E-state index in [0.29, 0.717) is 24.8 Å². The molecule has 0 aliphatic heterocycles. The molecular weight excluding hydrogens is 212 g/mol. The van der Waals surface area contributed by atoms with Gasteiger partial charge in [0.05, 0.1) is 5.75 Å². The Kier molecular flexibility index (Phi) is 7.13. The Bertz CT molecular complexity index is 250. The molecule has 1 unspecified atom stereocenters. The molecule has 5 heteroatoms. The fourth-order valence-electron chi connectivity index (χ4n) is 1.01. The van der Waals surface area contributed by atoms with Crippen LogP contribution in [-0.4, -0.2) is 34.3 Å². The summed E-state index contributed by atoms with van der Waals surface area (Å²) in [6.07, 6.45) is 0.655. The summed E-state index contributed by atoms with van der Waals surface area (Å²) in [6, 6.07) is 0. The van der Waals surface area contributed by atoms with Crippen molar-refractivity contribution in [3.05, 3.63) is 0 Å². The second-order valence-corrected chi connectivity index (χ2v) is 6.27. The number of hydrogen-bond donors (Lipinski definition) is 2. The molecule has 0 amide bonds. The van der Waals surface area contributed by atoms with E-state index >= 15 is 0 Å². The lowest BCUT2D eigenvalue weighted by Crippen LogP contribution is -2.32. The molecule has 0 rings (SSSR count). The van der Waals surface area contributed by atoms with Gasteiger partial charge in [0.15, 0.2) is 0 Å². The number of hydrogen-bond acceptors (Lipinski definition) is 3. The normalized spacial score (nSPS) is 14.5. The van der Waals surface area contributed by atoms with Crippen molar-refractivity contribution in [2.24, 2.45) is 11.8 Å². The molecular formula is C10H24N2O2S. The molecule has 0 radical (unpaired) electrons. The van der Waals surface area contributed by atoms with E-state index in [1.807, 2.05) is 7.05 Å². The highest BCUT2D eigenvalue weighted by atomic mass is 32.2. The summed E-state index contributed by atoms with van der Waals surface area (Å²) in [7, 11) is -1.25. The Morgan fingerprint density at radius 2 is 1.80 bits per heavy atom. The van der Waals surface area contributed by atoms with Crippen molar-refractivity contribution >= 4 is 10.0 Å². The van der Waals surface area contributed by atoms with Gasteiger partial charge in [-0.3, -0.25) is 0 Å². The first-order valence-electron chi connectivity index (χ1n) is 5.51. The molecule has 0 bridgehead atoms. The van der Waals surface area contributed by atoms with Gasteiger partial charge < -0.3 is 5.32 Å². The monoisotopic (exact) mass is 236 g/mol. The van der Waals surface area contributed by atoms with Gasteiger partial charge in [0.25, 0.3) is 0 Å². The van der Waals surface area contributed by atoms with E-state index in [2.05, 4.69) is 30.8 Å². The number of rotatable bonds is 8. The lowest BCUT2D eigenvalue weighted by Gasteiger charge is -2.16. The average Bonchev–Trinajstić information content (AvgIpc) is 2.14. The minimum absolute atomic E-state index is 0.207. The summed E-state index contributed by atoms with van der Waals surface area (Å²) in [6.45, 7) is 7.53. The van der Waals surface area contributed by atoms with Gasteiger partial charge in [0, 0.05) is 6.54 Å². The zero-order chi connectivity index (χ0) is 11.9. The molecule has 0 saturated heterocycles. The summed E-state index contributed by atoms with van der Waals surface area (Å²) < 4.78 is 25.6. The van der Waals surface area contributed by atoms with E-state index in [0.717, 1.165) is 6.54 Å². The van der Waals surface area contributed by atoms with Gasteiger partial charge in [-0.05, 0) is 31.8 Å². The lowest BCUT2D eigenvalue weighted by molar-refractivity contribution is 0.414. The van der Waals surface area contributed by atoms with Crippen LogP contribution in [0.3, 0.4) is 0 Å². The van der Waals surface area contributed by atoms with Crippen molar-refractivity contribution in [3.8, 4) is 0 Å². The van der Waals surface area contributed by atoms with E-state index in [9.17, 15) is 8.42 Å². The highest BCUT2D eigenvalue weighted by Gasteiger charge is 2.13. The minimum Gasteiger partial charge on any atom is -0.320 e. The van der Waals surface area contributed by atoms with E-state index in [4.69, 9.17) is 0 Å². The maximum Gasteiger partial charge on any atom is 0.211 e. The van der Waals surface area contributed by atoms with Crippen LogP contribution >= 0.6 is 0 Å². The highest BCUT2D eigenvalue weighted by Crippen LogP contribution is 2.08. The third-order valence-electron chi connectivity index (χ3n) is 2.60. The maximum atomic E-state index is 11.5. The van der Waals surface area contributed by atoms with Gasteiger partial charge in [-0.2, -0.15) is 0 Å². The van der Waals surface area contributed by atoms with Gasteiger partial charge >= 0.3 is 0 Å². The van der Waals surface area contributed by atoms with Crippen molar-refractivity contribution < 1.29 is 8.42 Å². The third-order valence-corrected chi connectivity index (χ3v) is 4.04. The zero-order valence-corrected chi connectivity index (χ0v) is 11.0. The van der Waals surface area contributed by atoms with Crippen molar-refractivity contribution in [2.45, 2.75) is 27.2 Å². The Labute approximate surface area is 93.9 Å². The molecule has 0 heterocycles. The number of sulfonamides is 1. The quantitative estimate of drug-likeness (QED) is 0.613. The molecule has 15 heavy (non-hydrogen) atoms. The van der Waals surface area contributed by atoms with Crippen LogP contribution in [0.5, 0.6) is 0 Å². The zero-order valence-electron chi connectivity index (χ0n) is 10.2. The fourth-order valence-corrected chi connectivity index (χ4v) is 2.19. The van der Waals surface area contributed by atoms with E-state index < -0.39 is 10.0 Å². The molecule has 0 aromatic rings. The Balaban J connectivity index is 3.84. The van der Waals surface area contributed by atoms with Crippen molar-refractivity contribution in [1.29, 1.82) is 0 Å². The van der Waals surface area contributed by atoms with Crippen molar-refractivity contribution in [3.63, 3.8) is 0 Å². The lowest BCUT2D eigenvalue weighted by atomic mass is 9.99. The predicted octanol–water partition coefficient (Wildman–Crippen LogP) is 0.807. The Morgan fingerprint density at radius 3 is 2.27 bits per heavy atom. The standard InChI is InChI=1S/C10H24N2O2S/c1-9(2)10(3)8-12-15(13,14)7-5-6-11-4/h9-12H,5-8H2,1-4H3. The largest absolute Gasteiger partial charge is 0.320 e. The van der Waals surface area contributed by atoms with Gasteiger partial charge in [-0.1, -0.05) is 20.8 Å². The first-order valence-corrected chi connectivity index (χ1v) is 7.16.